The molecule has 1 aromatic rings. The molecule has 2 N–H and O–H groups in total. The molecular formula is C14H28N6. The predicted octanol–water partition coefficient (Wildman–Crippen LogP) is 0.543. The van der Waals surface area contributed by atoms with Crippen LogP contribution in [0.2, 0.25) is 0 Å². The maximum absolute atomic E-state index is 5.83. The lowest BCUT2D eigenvalue weighted by atomic mass is 10.1. The Kier molecular flexibility index (Phi) is 5.94. The van der Waals surface area contributed by atoms with Gasteiger partial charge in [0.25, 0.3) is 0 Å². The summed E-state index contributed by atoms with van der Waals surface area (Å²) in [7, 11) is 0. The first-order valence-electron chi connectivity index (χ1n) is 7.81. The molecular weight excluding hydrogens is 252 g/mol. The van der Waals surface area contributed by atoms with Gasteiger partial charge in [0.15, 0.2) is 0 Å². The Balaban J connectivity index is 1.83. The number of hydrogen-bond donors (Lipinski definition) is 1. The number of aryl methyl sites for hydroxylation is 1. The van der Waals surface area contributed by atoms with Gasteiger partial charge in [-0.1, -0.05) is 13.8 Å². The smallest absolute Gasteiger partial charge is 0.141 e. The molecule has 1 fully saturated rings. The first-order valence-corrected chi connectivity index (χ1v) is 7.81. The van der Waals surface area contributed by atoms with Crippen molar-refractivity contribution in [3.05, 3.63) is 12.2 Å². The van der Waals surface area contributed by atoms with Gasteiger partial charge in [-0.3, -0.25) is 9.80 Å². The van der Waals surface area contributed by atoms with E-state index in [9.17, 15) is 0 Å². The van der Waals surface area contributed by atoms with E-state index in [0.29, 0.717) is 6.04 Å². The number of nitrogens with zero attached hydrogens (tertiary/aromatic N) is 5. The van der Waals surface area contributed by atoms with E-state index in [1.165, 1.54) is 0 Å². The molecule has 1 atom stereocenters. The standard InChI is InChI=1S/C14H28N6/c1-3-5-20-14(16-12-17-20)11-18-6-8-19(9-7-18)13(4-2)10-15/h12-13H,3-11,15H2,1-2H3. The molecule has 1 aliphatic rings. The van der Waals surface area contributed by atoms with Crippen molar-refractivity contribution in [3.8, 4) is 0 Å². The molecule has 0 bridgehead atoms. The lowest BCUT2D eigenvalue weighted by molar-refractivity contribution is 0.0901. The molecule has 1 saturated heterocycles. The first kappa shape index (κ1) is 15.4. The third-order valence-corrected chi connectivity index (χ3v) is 4.16. The Morgan fingerprint density at radius 1 is 1.25 bits per heavy atom. The fourth-order valence-electron chi connectivity index (χ4n) is 2.87. The Hall–Kier alpha value is -0.980. The van der Waals surface area contributed by atoms with Gasteiger partial charge in [0.05, 0.1) is 6.54 Å². The molecule has 114 valence electrons. The molecule has 0 radical (unpaired) electrons. The Labute approximate surface area is 121 Å². The minimum atomic E-state index is 0.542. The summed E-state index contributed by atoms with van der Waals surface area (Å²) in [6, 6.07) is 0.542. The highest BCUT2D eigenvalue weighted by Gasteiger charge is 2.22. The summed E-state index contributed by atoms with van der Waals surface area (Å²) in [6.07, 6.45) is 3.91. The van der Waals surface area contributed by atoms with Gasteiger partial charge in [-0.25, -0.2) is 9.67 Å². The second kappa shape index (κ2) is 7.71. The average Bonchev–Trinajstić information content (AvgIpc) is 2.90. The van der Waals surface area contributed by atoms with Crippen molar-refractivity contribution in [1.29, 1.82) is 0 Å². The topological polar surface area (TPSA) is 63.2 Å². The highest BCUT2D eigenvalue weighted by atomic mass is 15.4. The van der Waals surface area contributed by atoms with Crippen LogP contribution in [0.4, 0.5) is 0 Å². The maximum atomic E-state index is 5.83. The van der Waals surface area contributed by atoms with Crippen LogP contribution in [0, 0.1) is 0 Å². The summed E-state index contributed by atoms with van der Waals surface area (Å²) < 4.78 is 2.03. The van der Waals surface area contributed by atoms with E-state index in [0.717, 1.165) is 64.5 Å². The molecule has 0 aromatic carbocycles. The number of aromatic nitrogens is 3. The van der Waals surface area contributed by atoms with Crippen LogP contribution in [0.25, 0.3) is 0 Å². The minimum absolute atomic E-state index is 0.542. The molecule has 20 heavy (non-hydrogen) atoms. The zero-order valence-corrected chi connectivity index (χ0v) is 12.8. The Morgan fingerprint density at radius 3 is 2.60 bits per heavy atom. The van der Waals surface area contributed by atoms with Crippen molar-refractivity contribution < 1.29 is 0 Å². The molecule has 6 heteroatoms. The van der Waals surface area contributed by atoms with Crippen LogP contribution in [0.5, 0.6) is 0 Å². The zero-order valence-electron chi connectivity index (χ0n) is 12.8. The van der Waals surface area contributed by atoms with E-state index in [2.05, 4.69) is 33.7 Å². The first-order chi connectivity index (χ1) is 9.78. The van der Waals surface area contributed by atoms with E-state index >= 15 is 0 Å². The van der Waals surface area contributed by atoms with Crippen LogP contribution >= 0.6 is 0 Å². The van der Waals surface area contributed by atoms with Gasteiger partial charge < -0.3 is 5.73 Å². The van der Waals surface area contributed by atoms with E-state index in [1.54, 1.807) is 6.33 Å². The zero-order chi connectivity index (χ0) is 14.4. The SMILES string of the molecule is CCCn1ncnc1CN1CCN(C(CC)CN)CC1. The van der Waals surface area contributed by atoms with Gasteiger partial charge in [0, 0.05) is 45.3 Å². The van der Waals surface area contributed by atoms with Gasteiger partial charge in [-0.15, -0.1) is 0 Å². The summed E-state index contributed by atoms with van der Waals surface area (Å²) in [5.74, 6) is 1.09. The lowest BCUT2D eigenvalue weighted by Gasteiger charge is -2.38. The highest BCUT2D eigenvalue weighted by Crippen LogP contribution is 2.11. The van der Waals surface area contributed by atoms with Crippen molar-refractivity contribution in [2.75, 3.05) is 32.7 Å². The predicted molar refractivity (Wildman–Crippen MR) is 80.3 cm³/mol. The molecule has 6 nitrogen and oxygen atoms in total. The summed E-state index contributed by atoms with van der Waals surface area (Å²) in [5, 5.41) is 4.29. The quantitative estimate of drug-likeness (QED) is 0.790. The van der Waals surface area contributed by atoms with Gasteiger partial charge in [-0.2, -0.15) is 5.10 Å². The largest absolute Gasteiger partial charge is 0.329 e. The van der Waals surface area contributed by atoms with Gasteiger partial charge in [0.1, 0.15) is 12.2 Å². The van der Waals surface area contributed by atoms with E-state index in [1.807, 2.05) is 4.68 Å². The van der Waals surface area contributed by atoms with Crippen molar-refractivity contribution in [1.82, 2.24) is 24.6 Å². The van der Waals surface area contributed by atoms with Crippen LogP contribution in [0.3, 0.4) is 0 Å². The van der Waals surface area contributed by atoms with Gasteiger partial charge in [-0.05, 0) is 12.8 Å². The molecule has 0 spiro atoms. The molecule has 1 unspecified atom stereocenters. The third-order valence-electron chi connectivity index (χ3n) is 4.16. The summed E-state index contributed by atoms with van der Waals surface area (Å²) in [5.41, 5.74) is 5.83. The number of hydrogen-bond acceptors (Lipinski definition) is 5. The number of piperazine rings is 1. The Morgan fingerprint density at radius 2 is 2.00 bits per heavy atom. The number of nitrogens with two attached hydrogens (primary N) is 1. The lowest BCUT2D eigenvalue weighted by Crippen LogP contribution is -2.51. The highest BCUT2D eigenvalue weighted by molar-refractivity contribution is 4.87. The van der Waals surface area contributed by atoms with Gasteiger partial charge in [0.2, 0.25) is 0 Å². The van der Waals surface area contributed by atoms with Crippen molar-refractivity contribution >= 4 is 0 Å². The average molecular weight is 280 g/mol. The normalized spacial score (nSPS) is 19.4. The van der Waals surface area contributed by atoms with Crippen LogP contribution in [0.15, 0.2) is 6.33 Å². The maximum Gasteiger partial charge on any atom is 0.141 e. The van der Waals surface area contributed by atoms with Crippen molar-refractivity contribution in [2.24, 2.45) is 5.73 Å². The fraction of sp³-hybridized carbons (Fsp3) is 0.857. The molecule has 0 saturated carbocycles. The molecule has 2 heterocycles. The van der Waals surface area contributed by atoms with Crippen molar-refractivity contribution in [2.45, 2.75) is 45.8 Å². The van der Waals surface area contributed by atoms with Crippen molar-refractivity contribution in [3.63, 3.8) is 0 Å². The van der Waals surface area contributed by atoms with E-state index in [-0.39, 0.29) is 0 Å². The minimum Gasteiger partial charge on any atom is -0.329 e. The molecule has 0 amide bonds. The second-order valence-electron chi connectivity index (χ2n) is 5.51. The van der Waals surface area contributed by atoms with Crippen LogP contribution in [-0.4, -0.2) is 63.3 Å². The van der Waals surface area contributed by atoms with Crippen LogP contribution < -0.4 is 5.73 Å². The third kappa shape index (κ3) is 3.77. The van der Waals surface area contributed by atoms with E-state index in [4.69, 9.17) is 5.73 Å². The molecule has 1 aromatic heterocycles. The summed E-state index contributed by atoms with van der Waals surface area (Å²) in [6.45, 7) is 11.4. The van der Waals surface area contributed by atoms with Crippen LogP contribution in [0.1, 0.15) is 32.5 Å². The summed E-state index contributed by atoms with van der Waals surface area (Å²) >= 11 is 0. The molecule has 2 rings (SSSR count). The summed E-state index contributed by atoms with van der Waals surface area (Å²) in [4.78, 5) is 9.38. The monoisotopic (exact) mass is 280 g/mol. The molecule has 0 aliphatic carbocycles. The van der Waals surface area contributed by atoms with Gasteiger partial charge >= 0.3 is 0 Å². The number of rotatable bonds is 7. The second-order valence-corrected chi connectivity index (χ2v) is 5.51. The molecule has 1 aliphatic heterocycles. The van der Waals surface area contributed by atoms with Crippen LogP contribution in [-0.2, 0) is 13.1 Å². The van der Waals surface area contributed by atoms with E-state index < -0.39 is 0 Å². The Bertz CT molecular complexity index is 379. The fourth-order valence-corrected chi connectivity index (χ4v) is 2.87.